The van der Waals surface area contributed by atoms with E-state index in [1.165, 1.54) is 24.3 Å². The van der Waals surface area contributed by atoms with Gasteiger partial charge >= 0.3 is 5.97 Å². The molecule has 0 saturated carbocycles. The van der Waals surface area contributed by atoms with Crippen LogP contribution in [-0.4, -0.2) is 11.1 Å². The van der Waals surface area contributed by atoms with Crippen molar-refractivity contribution in [1.82, 2.24) is 0 Å². The van der Waals surface area contributed by atoms with Crippen LogP contribution < -0.4 is 0 Å². The third-order valence-corrected chi connectivity index (χ3v) is 3.12. The number of benzene rings is 2. The standard InChI is InChI=1S/C15H10BrFO2/c16-11-7-4-10(5-8-11)6-9-12-13(15(18)19)2-1-3-14(12)17/h1-9H,(H,18,19)/b9-6+. The summed E-state index contributed by atoms with van der Waals surface area (Å²) in [4.78, 5) is 11.0. The quantitative estimate of drug-likeness (QED) is 0.848. The van der Waals surface area contributed by atoms with Crippen LogP contribution in [0.3, 0.4) is 0 Å². The van der Waals surface area contributed by atoms with Gasteiger partial charge in [0, 0.05) is 10.0 Å². The summed E-state index contributed by atoms with van der Waals surface area (Å²) in [5, 5.41) is 9.02. The summed E-state index contributed by atoms with van der Waals surface area (Å²) >= 11 is 3.32. The van der Waals surface area contributed by atoms with Crippen molar-refractivity contribution in [1.29, 1.82) is 0 Å². The van der Waals surface area contributed by atoms with Crippen LogP contribution in [-0.2, 0) is 0 Å². The van der Waals surface area contributed by atoms with Crippen LogP contribution in [0.1, 0.15) is 21.5 Å². The molecule has 0 heterocycles. The fraction of sp³-hybridized carbons (Fsp3) is 0. The monoisotopic (exact) mass is 320 g/mol. The maximum absolute atomic E-state index is 13.7. The molecule has 0 amide bonds. The molecule has 0 bridgehead atoms. The van der Waals surface area contributed by atoms with E-state index in [1.54, 1.807) is 6.08 Å². The fourth-order valence-electron chi connectivity index (χ4n) is 1.65. The molecule has 0 aliphatic heterocycles. The number of hydrogen-bond acceptors (Lipinski definition) is 1. The van der Waals surface area contributed by atoms with Gasteiger partial charge < -0.3 is 5.11 Å². The van der Waals surface area contributed by atoms with Crippen LogP contribution in [0.2, 0.25) is 0 Å². The van der Waals surface area contributed by atoms with Crippen LogP contribution in [0.4, 0.5) is 4.39 Å². The van der Waals surface area contributed by atoms with Gasteiger partial charge in [0.2, 0.25) is 0 Å². The van der Waals surface area contributed by atoms with Crippen LogP contribution in [0.15, 0.2) is 46.9 Å². The molecule has 2 aromatic carbocycles. The highest BCUT2D eigenvalue weighted by molar-refractivity contribution is 9.10. The fourth-order valence-corrected chi connectivity index (χ4v) is 1.91. The van der Waals surface area contributed by atoms with Gasteiger partial charge in [0.15, 0.2) is 0 Å². The van der Waals surface area contributed by atoms with Gasteiger partial charge in [0.25, 0.3) is 0 Å². The smallest absolute Gasteiger partial charge is 0.336 e. The molecule has 0 atom stereocenters. The Labute approximate surface area is 118 Å². The molecule has 4 heteroatoms. The summed E-state index contributed by atoms with van der Waals surface area (Å²) in [6, 6.07) is 11.4. The first-order valence-electron chi connectivity index (χ1n) is 5.53. The predicted octanol–water partition coefficient (Wildman–Crippen LogP) is 4.46. The summed E-state index contributed by atoms with van der Waals surface area (Å²) in [5.74, 6) is -1.69. The van der Waals surface area contributed by atoms with Gasteiger partial charge in [0.05, 0.1) is 5.56 Å². The van der Waals surface area contributed by atoms with Gasteiger partial charge in [-0.15, -0.1) is 0 Å². The summed E-state index contributed by atoms with van der Waals surface area (Å²) in [7, 11) is 0. The van der Waals surface area contributed by atoms with E-state index >= 15 is 0 Å². The average Bonchev–Trinajstić information content (AvgIpc) is 2.39. The maximum Gasteiger partial charge on any atom is 0.336 e. The lowest BCUT2D eigenvalue weighted by Gasteiger charge is -2.02. The number of carbonyl (C=O) groups is 1. The van der Waals surface area contributed by atoms with Crippen molar-refractivity contribution in [2.24, 2.45) is 0 Å². The molecule has 0 fully saturated rings. The molecular formula is C15H10BrFO2. The van der Waals surface area contributed by atoms with Crippen molar-refractivity contribution in [3.63, 3.8) is 0 Å². The minimum atomic E-state index is -1.14. The second kappa shape index (κ2) is 5.80. The van der Waals surface area contributed by atoms with E-state index < -0.39 is 11.8 Å². The third-order valence-electron chi connectivity index (χ3n) is 2.60. The lowest BCUT2D eigenvalue weighted by atomic mass is 10.1. The van der Waals surface area contributed by atoms with Gasteiger partial charge in [-0.05, 0) is 29.8 Å². The molecule has 1 N–H and O–H groups in total. The average molecular weight is 321 g/mol. The highest BCUT2D eigenvalue weighted by Gasteiger charge is 2.11. The first-order chi connectivity index (χ1) is 9.08. The van der Waals surface area contributed by atoms with Gasteiger partial charge in [-0.3, -0.25) is 0 Å². The number of carboxylic acids is 1. The Kier molecular flexibility index (Phi) is 4.12. The molecule has 2 nitrogen and oxygen atoms in total. The van der Waals surface area contributed by atoms with Crippen molar-refractivity contribution in [2.45, 2.75) is 0 Å². The predicted molar refractivity (Wildman–Crippen MR) is 76.4 cm³/mol. The second-order valence-corrected chi connectivity index (χ2v) is 4.81. The molecule has 0 radical (unpaired) electrons. The molecule has 96 valence electrons. The van der Waals surface area contributed by atoms with Gasteiger partial charge in [-0.2, -0.15) is 0 Å². The van der Waals surface area contributed by atoms with Crippen molar-refractivity contribution in [3.05, 3.63) is 69.4 Å². The van der Waals surface area contributed by atoms with Gasteiger partial charge in [-0.25, -0.2) is 9.18 Å². The van der Waals surface area contributed by atoms with E-state index in [4.69, 9.17) is 5.11 Å². The summed E-state index contributed by atoms with van der Waals surface area (Å²) in [5.41, 5.74) is 0.897. The molecule has 0 saturated heterocycles. The zero-order valence-electron chi connectivity index (χ0n) is 9.81. The van der Waals surface area contributed by atoms with Crippen molar-refractivity contribution >= 4 is 34.1 Å². The minimum absolute atomic E-state index is 0.0478. The van der Waals surface area contributed by atoms with Gasteiger partial charge in [-0.1, -0.05) is 46.3 Å². The van der Waals surface area contributed by atoms with Crippen LogP contribution in [0.25, 0.3) is 12.2 Å². The number of rotatable bonds is 3. The van der Waals surface area contributed by atoms with Crippen LogP contribution in [0.5, 0.6) is 0 Å². The molecule has 0 spiro atoms. The molecule has 0 aliphatic carbocycles. The van der Waals surface area contributed by atoms with Crippen LogP contribution in [0, 0.1) is 5.82 Å². The molecule has 2 rings (SSSR count). The van der Waals surface area contributed by atoms with E-state index in [-0.39, 0.29) is 11.1 Å². The molecule has 0 unspecified atom stereocenters. The second-order valence-electron chi connectivity index (χ2n) is 3.89. The number of halogens is 2. The summed E-state index contributed by atoms with van der Waals surface area (Å²) in [6.07, 6.45) is 3.15. The topological polar surface area (TPSA) is 37.3 Å². The largest absolute Gasteiger partial charge is 0.478 e. The SMILES string of the molecule is O=C(O)c1cccc(F)c1/C=C/c1ccc(Br)cc1. The first kappa shape index (κ1) is 13.5. The van der Waals surface area contributed by atoms with E-state index in [2.05, 4.69) is 15.9 Å². The Morgan fingerprint density at radius 2 is 1.79 bits per heavy atom. The summed E-state index contributed by atoms with van der Waals surface area (Å²) < 4.78 is 14.6. The molecule has 0 aromatic heterocycles. The zero-order chi connectivity index (χ0) is 13.8. The molecule has 2 aromatic rings. The van der Waals surface area contributed by atoms with Gasteiger partial charge in [0.1, 0.15) is 5.82 Å². The molecule has 19 heavy (non-hydrogen) atoms. The Balaban J connectivity index is 2.37. The van der Waals surface area contributed by atoms with Crippen molar-refractivity contribution in [3.8, 4) is 0 Å². The Bertz CT molecular complexity index is 633. The summed E-state index contributed by atoms with van der Waals surface area (Å²) in [6.45, 7) is 0. The maximum atomic E-state index is 13.7. The Hall–Kier alpha value is -1.94. The normalized spacial score (nSPS) is 10.8. The zero-order valence-corrected chi connectivity index (χ0v) is 11.4. The van der Waals surface area contributed by atoms with Crippen LogP contribution >= 0.6 is 15.9 Å². The lowest BCUT2D eigenvalue weighted by molar-refractivity contribution is 0.0696. The Morgan fingerprint density at radius 3 is 2.42 bits per heavy atom. The number of hydrogen-bond donors (Lipinski definition) is 1. The van der Waals surface area contributed by atoms with Crippen molar-refractivity contribution < 1.29 is 14.3 Å². The highest BCUT2D eigenvalue weighted by atomic mass is 79.9. The van der Waals surface area contributed by atoms with E-state index in [1.807, 2.05) is 24.3 Å². The lowest BCUT2D eigenvalue weighted by Crippen LogP contribution is -2.01. The van der Waals surface area contributed by atoms with E-state index in [0.29, 0.717) is 0 Å². The molecule has 0 aliphatic rings. The Morgan fingerprint density at radius 1 is 1.11 bits per heavy atom. The van der Waals surface area contributed by atoms with E-state index in [0.717, 1.165) is 10.0 Å². The first-order valence-corrected chi connectivity index (χ1v) is 6.32. The number of carboxylic acid groups (broad SMARTS) is 1. The van der Waals surface area contributed by atoms with E-state index in [9.17, 15) is 9.18 Å². The number of aromatic carboxylic acids is 1. The third kappa shape index (κ3) is 3.29. The minimum Gasteiger partial charge on any atom is -0.478 e. The highest BCUT2D eigenvalue weighted by Crippen LogP contribution is 2.18. The van der Waals surface area contributed by atoms with Crippen molar-refractivity contribution in [2.75, 3.05) is 0 Å². The molecular weight excluding hydrogens is 311 g/mol.